The van der Waals surface area contributed by atoms with Crippen molar-refractivity contribution in [2.45, 2.75) is 65.2 Å². The Morgan fingerprint density at radius 3 is 1.54 bits per heavy atom. The van der Waals surface area contributed by atoms with Crippen LogP contribution in [0, 0.1) is 23.7 Å². The van der Waals surface area contributed by atoms with Crippen molar-refractivity contribution in [3.8, 4) is 0 Å². The molecule has 0 aromatic carbocycles. The van der Waals surface area contributed by atoms with E-state index in [0.29, 0.717) is 0 Å². The predicted molar refractivity (Wildman–Crippen MR) is 97.4 cm³/mol. The van der Waals surface area contributed by atoms with Crippen LogP contribution in [0.3, 0.4) is 0 Å². The van der Waals surface area contributed by atoms with Crippen LogP contribution in [0.4, 0.5) is 0 Å². The number of allylic oxidation sites excluding steroid dienone is 2. The number of carbonyl (C=O) groups is 2. The molecule has 0 heterocycles. The van der Waals surface area contributed by atoms with Crippen LogP contribution < -0.4 is 10.6 Å². The third-order valence-electron chi connectivity index (χ3n) is 5.51. The SMILES string of the molecule is CCCCCNC(=O)[C@@H]1[C@H](C(=O)NCCCCC)[C@@H]2C=C[C@H]1CC2. The van der Waals surface area contributed by atoms with Crippen molar-refractivity contribution in [1.82, 2.24) is 10.6 Å². The average molecular weight is 335 g/mol. The van der Waals surface area contributed by atoms with Gasteiger partial charge in [-0.1, -0.05) is 51.7 Å². The van der Waals surface area contributed by atoms with E-state index in [-0.39, 0.29) is 35.5 Å². The highest BCUT2D eigenvalue weighted by Crippen LogP contribution is 2.45. The number of hydrogen-bond acceptors (Lipinski definition) is 2. The largest absolute Gasteiger partial charge is 0.356 e. The number of carbonyl (C=O) groups excluding carboxylic acids is 2. The molecular formula is C20H34N2O2. The Bertz CT molecular complexity index is 407. The summed E-state index contributed by atoms with van der Waals surface area (Å²) in [4.78, 5) is 25.4. The van der Waals surface area contributed by atoms with Crippen LogP contribution >= 0.6 is 0 Å². The highest BCUT2D eigenvalue weighted by Gasteiger charge is 2.47. The molecule has 0 aliphatic heterocycles. The molecule has 0 unspecified atom stereocenters. The molecule has 3 rings (SSSR count). The molecule has 4 nitrogen and oxygen atoms in total. The Kier molecular flexibility index (Phi) is 7.80. The van der Waals surface area contributed by atoms with Crippen LogP contribution in [-0.2, 0) is 9.59 Å². The molecule has 2 N–H and O–H groups in total. The van der Waals surface area contributed by atoms with E-state index in [1.165, 1.54) is 0 Å². The lowest BCUT2D eigenvalue weighted by Gasteiger charge is -2.43. The minimum Gasteiger partial charge on any atom is -0.356 e. The molecule has 2 bridgehead atoms. The zero-order chi connectivity index (χ0) is 17.4. The van der Waals surface area contributed by atoms with E-state index >= 15 is 0 Å². The molecule has 4 heteroatoms. The first-order chi connectivity index (χ1) is 11.7. The van der Waals surface area contributed by atoms with Gasteiger partial charge in [-0.2, -0.15) is 0 Å². The third-order valence-corrected chi connectivity index (χ3v) is 5.51. The highest BCUT2D eigenvalue weighted by molar-refractivity contribution is 5.89. The summed E-state index contributed by atoms with van der Waals surface area (Å²) in [6.45, 7) is 5.78. The van der Waals surface area contributed by atoms with Crippen LogP contribution in [0.5, 0.6) is 0 Å². The summed E-state index contributed by atoms with van der Waals surface area (Å²) in [5.74, 6) is 0.265. The molecule has 0 radical (unpaired) electrons. The van der Waals surface area contributed by atoms with Gasteiger partial charge < -0.3 is 10.6 Å². The summed E-state index contributed by atoms with van der Waals surface area (Å²) in [6, 6.07) is 0. The Labute approximate surface area is 146 Å². The van der Waals surface area contributed by atoms with Gasteiger partial charge in [0.2, 0.25) is 11.8 Å². The van der Waals surface area contributed by atoms with E-state index in [4.69, 9.17) is 0 Å². The number of amides is 2. The summed E-state index contributed by atoms with van der Waals surface area (Å²) in [6.07, 6.45) is 13.0. The Morgan fingerprint density at radius 2 is 1.21 bits per heavy atom. The van der Waals surface area contributed by atoms with Gasteiger partial charge in [-0.15, -0.1) is 0 Å². The van der Waals surface area contributed by atoms with E-state index in [0.717, 1.165) is 64.5 Å². The molecule has 24 heavy (non-hydrogen) atoms. The number of unbranched alkanes of at least 4 members (excludes halogenated alkanes) is 4. The summed E-state index contributed by atoms with van der Waals surface area (Å²) < 4.78 is 0. The fourth-order valence-corrected chi connectivity index (χ4v) is 4.12. The maximum Gasteiger partial charge on any atom is 0.224 e. The molecule has 3 aliphatic rings. The summed E-state index contributed by atoms with van der Waals surface area (Å²) in [5, 5.41) is 6.16. The van der Waals surface area contributed by atoms with Crippen molar-refractivity contribution >= 4 is 11.8 Å². The smallest absolute Gasteiger partial charge is 0.224 e. The van der Waals surface area contributed by atoms with Gasteiger partial charge in [-0.3, -0.25) is 9.59 Å². The second-order valence-corrected chi connectivity index (χ2v) is 7.34. The predicted octanol–water partition coefficient (Wildman–Crippen LogP) is 3.43. The number of fused-ring (bicyclic) bond motifs is 2. The molecule has 3 aliphatic carbocycles. The number of nitrogens with one attached hydrogen (secondary N) is 2. The topological polar surface area (TPSA) is 58.2 Å². The van der Waals surface area contributed by atoms with Crippen molar-refractivity contribution < 1.29 is 9.59 Å². The summed E-state index contributed by atoms with van der Waals surface area (Å²) in [5.41, 5.74) is 0. The fraction of sp³-hybridized carbons (Fsp3) is 0.800. The van der Waals surface area contributed by atoms with Crippen LogP contribution in [0.1, 0.15) is 65.2 Å². The van der Waals surface area contributed by atoms with Crippen molar-refractivity contribution in [3.63, 3.8) is 0 Å². The number of rotatable bonds is 10. The van der Waals surface area contributed by atoms with Crippen molar-refractivity contribution in [2.75, 3.05) is 13.1 Å². The molecule has 0 saturated heterocycles. The molecule has 2 amide bonds. The minimum atomic E-state index is -0.179. The van der Waals surface area contributed by atoms with E-state index in [2.05, 4.69) is 36.6 Å². The van der Waals surface area contributed by atoms with Gasteiger partial charge in [-0.05, 0) is 37.5 Å². The maximum absolute atomic E-state index is 12.7. The van der Waals surface area contributed by atoms with Gasteiger partial charge in [0.15, 0.2) is 0 Å². The van der Waals surface area contributed by atoms with Gasteiger partial charge in [0.1, 0.15) is 0 Å². The maximum atomic E-state index is 12.7. The minimum absolute atomic E-state index is 0.0823. The second kappa shape index (κ2) is 9.85. The molecule has 1 saturated carbocycles. The third kappa shape index (κ3) is 4.84. The molecule has 0 spiro atoms. The zero-order valence-corrected chi connectivity index (χ0v) is 15.4. The summed E-state index contributed by atoms with van der Waals surface area (Å²) in [7, 11) is 0. The normalized spacial score (nSPS) is 27.9. The highest BCUT2D eigenvalue weighted by atomic mass is 16.2. The zero-order valence-electron chi connectivity index (χ0n) is 15.4. The van der Waals surface area contributed by atoms with E-state index < -0.39 is 0 Å². The van der Waals surface area contributed by atoms with Crippen molar-refractivity contribution in [3.05, 3.63) is 12.2 Å². The lowest BCUT2D eigenvalue weighted by Crippen LogP contribution is -2.52. The quantitative estimate of drug-likeness (QED) is 0.475. The van der Waals surface area contributed by atoms with Crippen LogP contribution in [0.25, 0.3) is 0 Å². The van der Waals surface area contributed by atoms with E-state index in [1.807, 2.05) is 0 Å². The molecule has 0 aromatic heterocycles. The Hall–Kier alpha value is -1.32. The molecule has 4 atom stereocenters. The Morgan fingerprint density at radius 1 is 0.792 bits per heavy atom. The van der Waals surface area contributed by atoms with Crippen LogP contribution in [-0.4, -0.2) is 24.9 Å². The van der Waals surface area contributed by atoms with Gasteiger partial charge in [0, 0.05) is 13.1 Å². The van der Waals surface area contributed by atoms with Gasteiger partial charge >= 0.3 is 0 Å². The second-order valence-electron chi connectivity index (χ2n) is 7.34. The molecular weight excluding hydrogens is 300 g/mol. The van der Waals surface area contributed by atoms with Crippen molar-refractivity contribution in [1.29, 1.82) is 0 Å². The fourth-order valence-electron chi connectivity index (χ4n) is 4.12. The standard InChI is InChI=1S/C20H34N2O2/c1-3-5-7-13-21-19(23)17-15-9-11-16(12-10-15)18(17)20(24)22-14-8-6-4-2/h9,11,15-18H,3-8,10,12-14H2,1-2H3,(H,21,23)(H,22,24)/t15-,16+,17-,18+. The lowest BCUT2D eigenvalue weighted by molar-refractivity contribution is -0.140. The van der Waals surface area contributed by atoms with E-state index in [9.17, 15) is 9.59 Å². The first-order valence-electron chi connectivity index (χ1n) is 9.92. The van der Waals surface area contributed by atoms with Crippen LogP contribution in [0.15, 0.2) is 12.2 Å². The number of hydrogen-bond donors (Lipinski definition) is 2. The lowest BCUT2D eigenvalue weighted by atomic mass is 9.61. The van der Waals surface area contributed by atoms with Crippen LogP contribution in [0.2, 0.25) is 0 Å². The first-order valence-corrected chi connectivity index (χ1v) is 9.92. The monoisotopic (exact) mass is 334 g/mol. The van der Waals surface area contributed by atoms with E-state index in [1.54, 1.807) is 0 Å². The molecule has 136 valence electrons. The molecule has 0 aromatic rings. The first kappa shape index (κ1) is 19.0. The van der Waals surface area contributed by atoms with Gasteiger partial charge in [-0.25, -0.2) is 0 Å². The Balaban J connectivity index is 1.94. The van der Waals surface area contributed by atoms with Gasteiger partial charge in [0.05, 0.1) is 11.8 Å². The van der Waals surface area contributed by atoms with Gasteiger partial charge in [0.25, 0.3) is 0 Å². The average Bonchev–Trinajstić information content (AvgIpc) is 2.62. The molecule has 1 fully saturated rings. The van der Waals surface area contributed by atoms with Crippen molar-refractivity contribution in [2.24, 2.45) is 23.7 Å². The summed E-state index contributed by atoms with van der Waals surface area (Å²) >= 11 is 0.